The van der Waals surface area contributed by atoms with Crippen LogP contribution < -0.4 is 9.80 Å². The molecule has 0 spiro atoms. The number of hydrogen-bond acceptors (Lipinski definition) is 4. The summed E-state index contributed by atoms with van der Waals surface area (Å²) in [5, 5.41) is 0. The third kappa shape index (κ3) is 2.88. The van der Waals surface area contributed by atoms with Crippen LogP contribution in [0.3, 0.4) is 0 Å². The van der Waals surface area contributed by atoms with Gasteiger partial charge >= 0.3 is 0 Å². The fraction of sp³-hybridized carbons (Fsp3) is 0.350. The van der Waals surface area contributed by atoms with E-state index in [0.29, 0.717) is 0 Å². The highest BCUT2D eigenvalue weighted by molar-refractivity contribution is 7.91. The first kappa shape index (κ1) is 17.1. The Bertz CT molecular complexity index is 927. The van der Waals surface area contributed by atoms with Gasteiger partial charge in [0.15, 0.2) is 9.84 Å². The fourth-order valence-corrected chi connectivity index (χ4v) is 6.09. The molecule has 4 rings (SSSR count). The van der Waals surface area contributed by atoms with Crippen molar-refractivity contribution in [3.63, 3.8) is 0 Å². The summed E-state index contributed by atoms with van der Waals surface area (Å²) in [6.07, 6.45) is 0.798. The van der Waals surface area contributed by atoms with Gasteiger partial charge in [-0.15, -0.1) is 0 Å². The van der Waals surface area contributed by atoms with E-state index >= 15 is 0 Å². The maximum Gasteiger partial charge on any atom is 0.246 e. The van der Waals surface area contributed by atoms with Crippen LogP contribution >= 0.6 is 0 Å². The Morgan fingerprint density at radius 1 is 0.962 bits per heavy atom. The first-order chi connectivity index (χ1) is 12.5. The topological polar surface area (TPSA) is 57.7 Å². The molecule has 2 aliphatic rings. The molecule has 2 unspecified atom stereocenters. The number of carbonyl (C=O) groups excluding carboxylic acids is 1. The number of sulfone groups is 1. The molecule has 6 heteroatoms. The average Bonchev–Trinajstić information content (AvgIpc) is 2.96. The van der Waals surface area contributed by atoms with E-state index in [1.807, 2.05) is 66.4 Å². The number of amides is 1. The first-order valence-corrected chi connectivity index (χ1v) is 10.7. The minimum Gasteiger partial charge on any atom is -0.356 e. The Kier molecular flexibility index (Phi) is 4.23. The van der Waals surface area contributed by atoms with Gasteiger partial charge in [0, 0.05) is 11.4 Å². The number of para-hydroxylation sites is 2. The Morgan fingerprint density at radius 3 is 2.35 bits per heavy atom. The number of benzene rings is 2. The van der Waals surface area contributed by atoms with E-state index in [4.69, 9.17) is 0 Å². The van der Waals surface area contributed by atoms with Gasteiger partial charge < -0.3 is 9.80 Å². The van der Waals surface area contributed by atoms with Crippen LogP contribution in [0.1, 0.15) is 12.5 Å². The van der Waals surface area contributed by atoms with E-state index in [1.165, 1.54) is 0 Å². The molecule has 2 heterocycles. The van der Waals surface area contributed by atoms with Gasteiger partial charge in [-0.25, -0.2) is 8.42 Å². The lowest BCUT2D eigenvalue weighted by atomic mass is 10.00. The summed E-state index contributed by atoms with van der Waals surface area (Å²) in [5.74, 6) is 0.0585. The molecular formula is C20H22N2O3S. The van der Waals surface area contributed by atoms with E-state index in [1.54, 1.807) is 4.90 Å². The second kappa shape index (κ2) is 6.43. The second-order valence-electron chi connectivity index (χ2n) is 6.92. The van der Waals surface area contributed by atoms with E-state index in [9.17, 15) is 13.2 Å². The maximum absolute atomic E-state index is 13.1. The van der Waals surface area contributed by atoms with Crippen LogP contribution in [0, 0.1) is 0 Å². The van der Waals surface area contributed by atoms with Crippen molar-refractivity contribution in [2.45, 2.75) is 25.4 Å². The highest BCUT2D eigenvalue weighted by Crippen LogP contribution is 2.35. The molecule has 2 fully saturated rings. The summed E-state index contributed by atoms with van der Waals surface area (Å²) in [6, 6.07) is 16.8. The number of anilines is 2. The lowest BCUT2D eigenvalue weighted by molar-refractivity contribution is -0.118. The van der Waals surface area contributed by atoms with Crippen LogP contribution in [-0.4, -0.2) is 44.5 Å². The quantitative estimate of drug-likeness (QED) is 0.832. The van der Waals surface area contributed by atoms with E-state index in [2.05, 4.69) is 0 Å². The van der Waals surface area contributed by atoms with Crippen molar-refractivity contribution in [2.24, 2.45) is 0 Å². The Morgan fingerprint density at radius 2 is 1.62 bits per heavy atom. The van der Waals surface area contributed by atoms with Gasteiger partial charge in [-0.05, 0) is 30.2 Å². The number of aryl methyl sites for hydroxylation is 1. The molecule has 0 N–H and O–H groups in total. The molecule has 2 aromatic carbocycles. The van der Waals surface area contributed by atoms with Crippen LogP contribution in [0.5, 0.6) is 0 Å². The lowest BCUT2D eigenvalue weighted by Gasteiger charge is -2.45. The van der Waals surface area contributed by atoms with Crippen LogP contribution in [0.2, 0.25) is 0 Å². The van der Waals surface area contributed by atoms with Crippen molar-refractivity contribution in [1.82, 2.24) is 0 Å². The molecule has 5 nitrogen and oxygen atoms in total. The molecule has 2 aliphatic heterocycles. The predicted octanol–water partition coefficient (Wildman–Crippen LogP) is 2.27. The summed E-state index contributed by atoms with van der Waals surface area (Å²) in [7, 11) is -3.19. The number of piperazine rings is 1. The minimum absolute atomic E-state index is 0.0186. The smallest absolute Gasteiger partial charge is 0.246 e. The number of carbonyl (C=O) groups is 1. The number of rotatable bonds is 3. The molecule has 2 saturated heterocycles. The molecule has 1 amide bonds. The van der Waals surface area contributed by atoms with Crippen LogP contribution in [-0.2, 0) is 21.1 Å². The van der Waals surface area contributed by atoms with Crippen molar-refractivity contribution in [1.29, 1.82) is 0 Å². The van der Waals surface area contributed by atoms with Gasteiger partial charge in [0.2, 0.25) is 5.91 Å². The van der Waals surface area contributed by atoms with E-state index in [0.717, 1.165) is 23.4 Å². The van der Waals surface area contributed by atoms with Crippen molar-refractivity contribution >= 4 is 27.1 Å². The highest BCUT2D eigenvalue weighted by atomic mass is 32.2. The van der Waals surface area contributed by atoms with Crippen molar-refractivity contribution in [3.05, 3.63) is 60.2 Å². The first-order valence-electron chi connectivity index (χ1n) is 8.92. The Labute approximate surface area is 154 Å². The zero-order valence-corrected chi connectivity index (χ0v) is 15.5. The number of fused-ring (bicyclic) bond motifs is 1. The molecule has 0 aromatic heterocycles. The summed E-state index contributed by atoms with van der Waals surface area (Å²) in [5.41, 5.74) is 2.81. The Hall–Kier alpha value is -2.34. The fourth-order valence-electron chi connectivity index (χ4n) is 4.14. The van der Waals surface area contributed by atoms with Gasteiger partial charge in [0.1, 0.15) is 0 Å². The molecule has 0 bridgehead atoms. The number of nitrogens with zero attached hydrogens (tertiary/aromatic N) is 2. The molecule has 136 valence electrons. The molecule has 0 aliphatic carbocycles. The third-order valence-electron chi connectivity index (χ3n) is 5.32. The summed E-state index contributed by atoms with van der Waals surface area (Å²) >= 11 is 0. The van der Waals surface area contributed by atoms with Crippen molar-refractivity contribution in [2.75, 3.05) is 27.9 Å². The molecular weight excluding hydrogens is 348 g/mol. The largest absolute Gasteiger partial charge is 0.356 e. The van der Waals surface area contributed by atoms with Gasteiger partial charge in [-0.2, -0.15) is 0 Å². The SMILES string of the molecule is CCc1ccccc1N1C(=O)CN(c2ccccc2)C2CS(=O)(=O)CC21. The normalized spacial score (nSPS) is 24.6. The van der Waals surface area contributed by atoms with Crippen LogP contribution in [0.4, 0.5) is 11.4 Å². The maximum atomic E-state index is 13.1. The predicted molar refractivity (Wildman–Crippen MR) is 103 cm³/mol. The monoisotopic (exact) mass is 370 g/mol. The molecule has 2 aromatic rings. The molecule has 0 saturated carbocycles. The van der Waals surface area contributed by atoms with Crippen LogP contribution in [0.25, 0.3) is 0 Å². The second-order valence-corrected chi connectivity index (χ2v) is 9.07. The summed E-state index contributed by atoms with van der Waals surface area (Å²) in [4.78, 5) is 16.8. The van der Waals surface area contributed by atoms with Gasteiger partial charge in [-0.1, -0.05) is 43.3 Å². The lowest BCUT2D eigenvalue weighted by Crippen LogP contribution is -2.62. The van der Waals surface area contributed by atoms with Gasteiger partial charge in [-0.3, -0.25) is 4.79 Å². The summed E-state index contributed by atoms with van der Waals surface area (Å²) in [6.45, 7) is 2.24. The number of hydrogen-bond donors (Lipinski definition) is 0. The zero-order valence-electron chi connectivity index (χ0n) is 14.7. The van der Waals surface area contributed by atoms with Gasteiger partial charge in [0.25, 0.3) is 0 Å². The molecule has 26 heavy (non-hydrogen) atoms. The summed E-state index contributed by atoms with van der Waals surface area (Å²) < 4.78 is 24.9. The van der Waals surface area contributed by atoms with Gasteiger partial charge in [0.05, 0.1) is 30.1 Å². The molecule has 0 radical (unpaired) electrons. The van der Waals surface area contributed by atoms with Crippen molar-refractivity contribution < 1.29 is 13.2 Å². The van der Waals surface area contributed by atoms with Crippen LogP contribution in [0.15, 0.2) is 54.6 Å². The average molecular weight is 370 g/mol. The highest BCUT2D eigenvalue weighted by Gasteiger charge is 2.50. The minimum atomic E-state index is -3.19. The van der Waals surface area contributed by atoms with E-state index in [-0.39, 0.29) is 36.0 Å². The Balaban J connectivity index is 1.79. The standard InChI is InChI=1S/C20H22N2O3S/c1-2-15-8-6-7-11-17(15)22-19-14-26(24,25)13-18(19)21(12-20(22)23)16-9-4-3-5-10-16/h3-11,18-19H,2,12-14H2,1H3. The van der Waals surface area contributed by atoms with Crippen molar-refractivity contribution in [3.8, 4) is 0 Å². The van der Waals surface area contributed by atoms with E-state index < -0.39 is 9.84 Å². The zero-order chi connectivity index (χ0) is 18.3. The molecule has 2 atom stereocenters. The third-order valence-corrected chi connectivity index (χ3v) is 7.02.